The summed E-state index contributed by atoms with van der Waals surface area (Å²) in [6.07, 6.45) is 4.13. The van der Waals surface area contributed by atoms with E-state index in [4.69, 9.17) is 4.74 Å². The van der Waals surface area contributed by atoms with E-state index in [2.05, 4.69) is 45.0 Å². The number of hydrogen-bond acceptors (Lipinski definition) is 4. The highest BCUT2D eigenvalue weighted by atomic mass is 16.5. The molecule has 6 heteroatoms. The lowest BCUT2D eigenvalue weighted by Crippen LogP contribution is -2.56. The average Bonchev–Trinajstić information content (AvgIpc) is 3.02. The second kappa shape index (κ2) is 7.80. The zero-order valence-corrected chi connectivity index (χ0v) is 17.0. The van der Waals surface area contributed by atoms with Gasteiger partial charge >= 0.3 is 5.97 Å². The van der Waals surface area contributed by atoms with Crippen molar-refractivity contribution in [2.24, 2.45) is 0 Å². The van der Waals surface area contributed by atoms with E-state index in [1.807, 2.05) is 10.7 Å². The molecular formula is C20H33N3O3. The van der Waals surface area contributed by atoms with E-state index in [0.717, 1.165) is 25.0 Å². The van der Waals surface area contributed by atoms with Crippen molar-refractivity contribution in [1.82, 2.24) is 15.1 Å². The van der Waals surface area contributed by atoms with Gasteiger partial charge in [-0.05, 0) is 52.5 Å². The van der Waals surface area contributed by atoms with Gasteiger partial charge in [-0.3, -0.25) is 9.48 Å². The molecule has 2 rings (SSSR count). The molecule has 146 valence electrons. The van der Waals surface area contributed by atoms with Crippen LogP contribution in [0.25, 0.3) is 0 Å². The summed E-state index contributed by atoms with van der Waals surface area (Å²) < 4.78 is 7.17. The lowest BCUT2D eigenvalue weighted by Gasteiger charge is -2.35. The third-order valence-corrected chi connectivity index (χ3v) is 4.92. The predicted octanol–water partition coefficient (Wildman–Crippen LogP) is 3.76. The third-order valence-electron chi connectivity index (χ3n) is 4.92. The van der Waals surface area contributed by atoms with Crippen LogP contribution in [-0.2, 0) is 15.1 Å². The molecule has 0 saturated heterocycles. The molecule has 1 saturated carbocycles. The van der Waals surface area contributed by atoms with E-state index >= 15 is 0 Å². The number of aromatic nitrogens is 2. The maximum atomic E-state index is 12.9. The Balaban J connectivity index is 2.31. The molecule has 1 amide bonds. The Morgan fingerprint density at radius 3 is 2.35 bits per heavy atom. The molecule has 1 aliphatic rings. The first-order valence-corrected chi connectivity index (χ1v) is 9.71. The van der Waals surface area contributed by atoms with Gasteiger partial charge in [0.05, 0.1) is 12.1 Å². The summed E-state index contributed by atoms with van der Waals surface area (Å²) in [6.45, 7) is 12.5. The number of amides is 1. The summed E-state index contributed by atoms with van der Waals surface area (Å²) in [5.41, 5.74) is 0.228. The van der Waals surface area contributed by atoms with Crippen LogP contribution < -0.4 is 5.32 Å². The topological polar surface area (TPSA) is 73.2 Å². The zero-order chi connectivity index (χ0) is 19.5. The molecule has 1 aromatic heterocycles. The van der Waals surface area contributed by atoms with Gasteiger partial charge < -0.3 is 10.1 Å². The molecular weight excluding hydrogens is 330 g/mol. The van der Waals surface area contributed by atoms with Crippen molar-refractivity contribution in [3.05, 3.63) is 17.5 Å². The summed E-state index contributed by atoms with van der Waals surface area (Å²) in [5, 5.41) is 7.53. The van der Waals surface area contributed by atoms with Gasteiger partial charge in [-0.2, -0.15) is 5.10 Å². The van der Waals surface area contributed by atoms with Gasteiger partial charge in [-0.1, -0.05) is 33.1 Å². The Labute approximate surface area is 156 Å². The van der Waals surface area contributed by atoms with Crippen LogP contribution in [0.15, 0.2) is 6.07 Å². The Morgan fingerprint density at radius 2 is 1.88 bits per heavy atom. The summed E-state index contributed by atoms with van der Waals surface area (Å²) >= 11 is 0. The molecule has 0 radical (unpaired) electrons. The van der Waals surface area contributed by atoms with Crippen LogP contribution in [0, 0.1) is 0 Å². The molecule has 6 nitrogen and oxygen atoms in total. The minimum absolute atomic E-state index is 0.220. The highest BCUT2D eigenvalue weighted by molar-refractivity contribution is 5.97. The van der Waals surface area contributed by atoms with Gasteiger partial charge in [0.15, 0.2) is 5.69 Å². The fraction of sp³-hybridized carbons (Fsp3) is 0.750. The molecule has 26 heavy (non-hydrogen) atoms. The van der Waals surface area contributed by atoms with Crippen molar-refractivity contribution in [1.29, 1.82) is 0 Å². The summed E-state index contributed by atoms with van der Waals surface area (Å²) in [6, 6.07) is 1.84. The lowest BCUT2D eigenvalue weighted by atomic mass is 9.81. The van der Waals surface area contributed by atoms with Crippen LogP contribution in [0.5, 0.6) is 0 Å². The second-order valence-corrected chi connectivity index (χ2v) is 8.51. The van der Waals surface area contributed by atoms with Crippen LogP contribution in [0.3, 0.4) is 0 Å². The number of hydrogen-bond donors (Lipinski definition) is 1. The molecule has 0 aromatic carbocycles. The highest BCUT2D eigenvalue weighted by Gasteiger charge is 2.43. The standard InChI is InChI=1S/C20H33N3O3/c1-7-26-18(25)20(11-9-8-10-12-20)21-17(24)15-13-16(14(2)3)23(22-15)19(4,5)6/h13-14H,7-12H2,1-6H3,(H,21,24). The quantitative estimate of drug-likeness (QED) is 0.809. The summed E-state index contributed by atoms with van der Waals surface area (Å²) in [4.78, 5) is 25.5. The van der Waals surface area contributed by atoms with Crippen molar-refractivity contribution in [3.63, 3.8) is 0 Å². The number of carbonyl (C=O) groups is 2. The molecule has 0 atom stereocenters. The van der Waals surface area contributed by atoms with Crippen molar-refractivity contribution >= 4 is 11.9 Å². The van der Waals surface area contributed by atoms with Gasteiger partial charge in [0.25, 0.3) is 5.91 Å². The van der Waals surface area contributed by atoms with Gasteiger partial charge in [0.2, 0.25) is 0 Å². The maximum Gasteiger partial charge on any atom is 0.331 e. The van der Waals surface area contributed by atoms with Crippen LogP contribution >= 0.6 is 0 Å². The predicted molar refractivity (Wildman–Crippen MR) is 101 cm³/mol. The molecule has 0 aliphatic heterocycles. The van der Waals surface area contributed by atoms with Gasteiger partial charge in [0, 0.05) is 5.69 Å². The first-order chi connectivity index (χ1) is 12.1. The summed E-state index contributed by atoms with van der Waals surface area (Å²) in [5.74, 6) is -0.380. The zero-order valence-electron chi connectivity index (χ0n) is 17.0. The van der Waals surface area contributed by atoms with Crippen molar-refractivity contribution in [2.75, 3.05) is 6.61 Å². The minimum atomic E-state index is -0.922. The molecule has 1 aromatic rings. The molecule has 0 bridgehead atoms. The van der Waals surface area contributed by atoms with Crippen LogP contribution in [0.1, 0.15) is 95.7 Å². The number of nitrogens with zero attached hydrogens (tertiary/aromatic N) is 2. The number of esters is 1. The van der Waals surface area contributed by atoms with Crippen molar-refractivity contribution < 1.29 is 14.3 Å². The van der Waals surface area contributed by atoms with E-state index in [9.17, 15) is 9.59 Å². The normalized spacial score (nSPS) is 17.2. The average molecular weight is 364 g/mol. The van der Waals surface area contributed by atoms with Crippen LogP contribution in [0.2, 0.25) is 0 Å². The first-order valence-electron chi connectivity index (χ1n) is 9.71. The van der Waals surface area contributed by atoms with Gasteiger partial charge in [0.1, 0.15) is 5.54 Å². The molecule has 1 N–H and O–H groups in total. The highest BCUT2D eigenvalue weighted by Crippen LogP contribution is 2.30. The van der Waals surface area contributed by atoms with Crippen LogP contribution in [-0.4, -0.2) is 33.8 Å². The molecule has 1 aliphatic carbocycles. The van der Waals surface area contributed by atoms with Crippen LogP contribution in [0.4, 0.5) is 0 Å². The molecule has 1 heterocycles. The number of nitrogens with one attached hydrogen (secondary N) is 1. The van der Waals surface area contributed by atoms with Crippen molar-refractivity contribution in [2.45, 2.75) is 90.6 Å². The number of rotatable bonds is 5. The van der Waals surface area contributed by atoms with Crippen molar-refractivity contribution in [3.8, 4) is 0 Å². The SMILES string of the molecule is CCOC(=O)C1(NC(=O)c2cc(C(C)C)n(C(C)(C)C)n2)CCCCC1. The van der Waals surface area contributed by atoms with E-state index in [-0.39, 0.29) is 23.3 Å². The fourth-order valence-corrected chi connectivity index (χ4v) is 3.54. The minimum Gasteiger partial charge on any atom is -0.464 e. The molecule has 0 unspecified atom stereocenters. The summed E-state index contributed by atoms with van der Waals surface area (Å²) in [7, 11) is 0. The lowest BCUT2D eigenvalue weighted by molar-refractivity contribution is -0.152. The Kier molecular flexibility index (Phi) is 6.14. The Morgan fingerprint density at radius 1 is 1.27 bits per heavy atom. The monoisotopic (exact) mass is 363 g/mol. The number of carbonyl (C=O) groups excluding carboxylic acids is 2. The van der Waals surface area contributed by atoms with E-state index in [0.29, 0.717) is 25.1 Å². The second-order valence-electron chi connectivity index (χ2n) is 8.51. The first kappa shape index (κ1) is 20.5. The van der Waals surface area contributed by atoms with Gasteiger partial charge in [-0.25, -0.2) is 4.79 Å². The largest absolute Gasteiger partial charge is 0.464 e. The third kappa shape index (κ3) is 4.27. The Hall–Kier alpha value is -1.85. The van der Waals surface area contributed by atoms with E-state index in [1.54, 1.807) is 6.92 Å². The molecule has 0 spiro atoms. The number of ether oxygens (including phenoxy) is 1. The molecule has 1 fully saturated rings. The fourth-order valence-electron chi connectivity index (χ4n) is 3.54. The Bertz CT molecular complexity index is 650. The van der Waals surface area contributed by atoms with Gasteiger partial charge in [-0.15, -0.1) is 0 Å². The van der Waals surface area contributed by atoms with E-state index in [1.165, 1.54) is 0 Å². The smallest absolute Gasteiger partial charge is 0.331 e. The van der Waals surface area contributed by atoms with E-state index < -0.39 is 5.54 Å². The maximum absolute atomic E-state index is 12.9.